The lowest BCUT2D eigenvalue weighted by Crippen LogP contribution is -2.27. The predicted molar refractivity (Wildman–Crippen MR) is 127 cm³/mol. The highest BCUT2D eigenvalue weighted by Gasteiger charge is 2.34. The Morgan fingerprint density at radius 2 is 1.73 bits per heavy atom. The Hall–Kier alpha value is -3.91. The summed E-state index contributed by atoms with van der Waals surface area (Å²) in [7, 11) is 0. The molecule has 0 bridgehead atoms. The van der Waals surface area contributed by atoms with E-state index in [1.54, 1.807) is 42.5 Å². The standard InChI is InChI=1S/C25H20N2O5S/c1-17-3-2-4-20(13-17)15-26-24(28)23(33-25(26)29)14-18-7-11-22(12-8-18)32-16-19-5-9-21(10-6-19)27(30)31/h2-14H,15-16H2,1H3/b23-14+. The Morgan fingerprint density at radius 1 is 1.00 bits per heavy atom. The van der Waals surface area contributed by atoms with E-state index >= 15 is 0 Å². The Labute approximate surface area is 194 Å². The maximum absolute atomic E-state index is 12.8. The number of nitrogens with zero attached hydrogens (tertiary/aromatic N) is 2. The number of benzene rings is 3. The molecule has 1 aliphatic heterocycles. The van der Waals surface area contributed by atoms with Crippen molar-refractivity contribution in [2.24, 2.45) is 0 Å². The molecule has 0 saturated carbocycles. The molecule has 2 amide bonds. The zero-order valence-electron chi connectivity index (χ0n) is 17.8. The SMILES string of the molecule is Cc1cccc(CN2C(=O)S/C(=C/c3ccc(OCc4ccc([N+](=O)[O-])cc4)cc3)C2=O)c1. The number of imide groups is 1. The van der Waals surface area contributed by atoms with Gasteiger partial charge >= 0.3 is 0 Å². The van der Waals surface area contributed by atoms with Gasteiger partial charge in [-0.3, -0.25) is 24.6 Å². The molecule has 3 aromatic carbocycles. The number of nitro groups is 1. The second kappa shape index (κ2) is 9.70. The van der Waals surface area contributed by atoms with Crippen LogP contribution in [0, 0.1) is 17.0 Å². The molecule has 4 rings (SSSR count). The van der Waals surface area contributed by atoms with Crippen molar-refractivity contribution in [2.45, 2.75) is 20.1 Å². The van der Waals surface area contributed by atoms with Gasteiger partial charge in [-0.1, -0.05) is 42.0 Å². The molecule has 1 heterocycles. The van der Waals surface area contributed by atoms with Gasteiger partial charge in [-0.15, -0.1) is 0 Å². The average Bonchev–Trinajstić information content (AvgIpc) is 3.06. The van der Waals surface area contributed by atoms with Crippen LogP contribution in [-0.4, -0.2) is 21.0 Å². The zero-order valence-corrected chi connectivity index (χ0v) is 18.6. The second-order valence-electron chi connectivity index (χ2n) is 7.54. The van der Waals surface area contributed by atoms with Crippen LogP contribution in [0.5, 0.6) is 5.75 Å². The molecule has 0 spiro atoms. The topological polar surface area (TPSA) is 89.8 Å². The summed E-state index contributed by atoms with van der Waals surface area (Å²) in [6, 6.07) is 21.1. The molecule has 1 saturated heterocycles. The van der Waals surface area contributed by atoms with Crippen molar-refractivity contribution in [3.63, 3.8) is 0 Å². The Kier molecular flexibility index (Phi) is 6.55. The summed E-state index contributed by atoms with van der Waals surface area (Å²) in [5.41, 5.74) is 3.61. The molecular formula is C25H20N2O5S. The van der Waals surface area contributed by atoms with Gasteiger partial charge in [0.15, 0.2) is 0 Å². The van der Waals surface area contributed by atoms with Crippen LogP contribution in [0.2, 0.25) is 0 Å². The summed E-state index contributed by atoms with van der Waals surface area (Å²) in [5, 5.41) is 10.4. The fraction of sp³-hybridized carbons (Fsp3) is 0.120. The van der Waals surface area contributed by atoms with E-state index in [4.69, 9.17) is 4.74 Å². The minimum absolute atomic E-state index is 0.0337. The number of carbonyl (C=O) groups excluding carboxylic acids is 2. The molecule has 33 heavy (non-hydrogen) atoms. The van der Waals surface area contributed by atoms with Crippen LogP contribution < -0.4 is 4.74 Å². The predicted octanol–water partition coefficient (Wildman–Crippen LogP) is 5.72. The molecule has 7 nitrogen and oxygen atoms in total. The number of carbonyl (C=O) groups is 2. The summed E-state index contributed by atoms with van der Waals surface area (Å²) in [6.45, 7) is 2.49. The molecule has 0 aliphatic carbocycles. The largest absolute Gasteiger partial charge is 0.489 e. The third-order valence-electron chi connectivity index (χ3n) is 5.03. The number of nitro benzene ring substituents is 1. The molecule has 0 aromatic heterocycles. The van der Waals surface area contributed by atoms with Crippen LogP contribution in [0.3, 0.4) is 0 Å². The van der Waals surface area contributed by atoms with Crippen molar-refractivity contribution in [1.29, 1.82) is 0 Å². The number of hydrogen-bond donors (Lipinski definition) is 0. The quantitative estimate of drug-likeness (QED) is 0.255. The molecule has 0 N–H and O–H groups in total. The number of amides is 2. The molecule has 3 aromatic rings. The lowest BCUT2D eigenvalue weighted by atomic mass is 10.1. The Morgan fingerprint density at radius 3 is 2.39 bits per heavy atom. The van der Waals surface area contributed by atoms with Gasteiger partial charge in [-0.25, -0.2) is 0 Å². The van der Waals surface area contributed by atoms with E-state index in [0.717, 1.165) is 34.0 Å². The van der Waals surface area contributed by atoms with Crippen molar-refractivity contribution < 1.29 is 19.2 Å². The number of rotatable bonds is 7. The van der Waals surface area contributed by atoms with Gasteiger partial charge in [0.25, 0.3) is 16.8 Å². The number of thioether (sulfide) groups is 1. The molecular weight excluding hydrogens is 440 g/mol. The molecule has 1 fully saturated rings. The molecule has 0 radical (unpaired) electrons. The summed E-state index contributed by atoms with van der Waals surface area (Å²) in [4.78, 5) is 37.0. The first-order valence-electron chi connectivity index (χ1n) is 10.2. The van der Waals surface area contributed by atoms with Crippen LogP contribution in [0.1, 0.15) is 22.3 Å². The fourth-order valence-electron chi connectivity index (χ4n) is 3.32. The molecule has 1 aliphatic rings. The minimum Gasteiger partial charge on any atom is -0.489 e. The van der Waals surface area contributed by atoms with E-state index in [1.165, 1.54) is 17.0 Å². The zero-order chi connectivity index (χ0) is 23.4. The maximum atomic E-state index is 12.8. The first kappa shape index (κ1) is 22.3. The van der Waals surface area contributed by atoms with Gasteiger partial charge in [-0.05, 0) is 65.7 Å². The van der Waals surface area contributed by atoms with Crippen molar-refractivity contribution in [3.05, 3.63) is 110 Å². The van der Waals surface area contributed by atoms with E-state index in [1.807, 2.05) is 31.2 Å². The van der Waals surface area contributed by atoms with Gasteiger partial charge < -0.3 is 4.74 Å². The van der Waals surface area contributed by atoms with Gasteiger partial charge in [0, 0.05) is 12.1 Å². The number of aryl methyl sites for hydroxylation is 1. The maximum Gasteiger partial charge on any atom is 0.293 e. The monoisotopic (exact) mass is 460 g/mol. The molecule has 0 unspecified atom stereocenters. The Bertz CT molecular complexity index is 1240. The normalized spacial score (nSPS) is 14.7. The van der Waals surface area contributed by atoms with Crippen molar-refractivity contribution in [3.8, 4) is 5.75 Å². The third-order valence-corrected chi connectivity index (χ3v) is 5.93. The van der Waals surface area contributed by atoms with Gasteiger partial charge in [0.2, 0.25) is 0 Å². The molecule has 0 atom stereocenters. The summed E-state index contributed by atoms with van der Waals surface area (Å²) < 4.78 is 5.72. The van der Waals surface area contributed by atoms with E-state index in [-0.39, 0.29) is 30.0 Å². The average molecular weight is 461 g/mol. The molecule has 8 heteroatoms. The second-order valence-corrected chi connectivity index (χ2v) is 8.53. The lowest BCUT2D eigenvalue weighted by Gasteiger charge is -2.12. The summed E-state index contributed by atoms with van der Waals surface area (Å²) >= 11 is 0.934. The van der Waals surface area contributed by atoms with Crippen LogP contribution in [-0.2, 0) is 17.9 Å². The van der Waals surface area contributed by atoms with Crippen LogP contribution in [0.15, 0.2) is 77.7 Å². The van der Waals surface area contributed by atoms with Crippen molar-refractivity contribution in [2.75, 3.05) is 0 Å². The van der Waals surface area contributed by atoms with Crippen molar-refractivity contribution in [1.82, 2.24) is 4.90 Å². The first-order valence-corrected chi connectivity index (χ1v) is 11.0. The van der Waals surface area contributed by atoms with Crippen molar-refractivity contribution >= 4 is 34.7 Å². The summed E-state index contributed by atoms with van der Waals surface area (Å²) in [5.74, 6) is 0.322. The first-order chi connectivity index (χ1) is 15.9. The van der Waals surface area contributed by atoms with E-state index in [9.17, 15) is 19.7 Å². The van der Waals surface area contributed by atoms with Crippen LogP contribution in [0.4, 0.5) is 10.5 Å². The minimum atomic E-state index is -0.444. The smallest absolute Gasteiger partial charge is 0.293 e. The van der Waals surface area contributed by atoms with E-state index in [0.29, 0.717) is 10.7 Å². The fourth-order valence-corrected chi connectivity index (χ4v) is 4.16. The summed E-state index contributed by atoms with van der Waals surface area (Å²) in [6.07, 6.45) is 1.70. The highest BCUT2D eigenvalue weighted by atomic mass is 32.2. The number of hydrogen-bond acceptors (Lipinski definition) is 6. The van der Waals surface area contributed by atoms with E-state index < -0.39 is 4.92 Å². The third kappa shape index (κ3) is 5.48. The Balaban J connectivity index is 1.38. The highest BCUT2D eigenvalue weighted by molar-refractivity contribution is 8.18. The lowest BCUT2D eigenvalue weighted by molar-refractivity contribution is -0.384. The number of non-ortho nitro benzene ring substituents is 1. The van der Waals surface area contributed by atoms with E-state index in [2.05, 4.69) is 0 Å². The highest BCUT2D eigenvalue weighted by Crippen LogP contribution is 2.33. The van der Waals surface area contributed by atoms with Gasteiger partial charge in [0.05, 0.1) is 16.4 Å². The van der Waals surface area contributed by atoms with Crippen LogP contribution >= 0.6 is 11.8 Å². The van der Waals surface area contributed by atoms with Gasteiger partial charge in [0.1, 0.15) is 12.4 Å². The van der Waals surface area contributed by atoms with Gasteiger partial charge in [-0.2, -0.15) is 0 Å². The van der Waals surface area contributed by atoms with Crippen LogP contribution in [0.25, 0.3) is 6.08 Å². The number of ether oxygens (including phenoxy) is 1. The molecule has 166 valence electrons.